The van der Waals surface area contributed by atoms with Gasteiger partial charge >= 0.3 is 0 Å². The van der Waals surface area contributed by atoms with E-state index in [1.165, 1.54) is 16.7 Å². The summed E-state index contributed by atoms with van der Waals surface area (Å²) in [7, 11) is 3.83. The summed E-state index contributed by atoms with van der Waals surface area (Å²) in [5.74, 6) is 1.85. The Morgan fingerprint density at radius 3 is 2.65 bits per heavy atom. The van der Waals surface area contributed by atoms with Crippen molar-refractivity contribution in [2.75, 3.05) is 20.7 Å². The summed E-state index contributed by atoms with van der Waals surface area (Å²) < 4.78 is 11.6. The zero-order valence-electron chi connectivity index (χ0n) is 11.7. The number of nitrogens with zero attached hydrogens (tertiary/aromatic N) is 1. The predicted octanol–water partition coefficient (Wildman–Crippen LogP) is 2.78. The van der Waals surface area contributed by atoms with Gasteiger partial charge in [-0.1, -0.05) is 18.2 Å². The first kappa shape index (κ1) is 11.8. The molecule has 2 aromatic rings. The van der Waals surface area contributed by atoms with E-state index in [1.54, 1.807) is 7.11 Å². The van der Waals surface area contributed by atoms with Gasteiger partial charge in [0, 0.05) is 24.2 Å². The van der Waals surface area contributed by atoms with Crippen molar-refractivity contribution in [2.45, 2.75) is 12.1 Å². The molecule has 0 N–H and O–H groups in total. The number of likely N-dealkylation sites (N-methyl/N-ethyl adjacent to an activating group) is 1. The van der Waals surface area contributed by atoms with Crippen LogP contribution in [-0.4, -0.2) is 25.6 Å². The van der Waals surface area contributed by atoms with E-state index in [-0.39, 0.29) is 5.60 Å². The van der Waals surface area contributed by atoms with E-state index in [4.69, 9.17) is 9.47 Å². The van der Waals surface area contributed by atoms with Crippen LogP contribution in [0.1, 0.15) is 16.7 Å². The largest absolute Gasteiger partial charge is 0.497 e. The lowest BCUT2D eigenvalue weighted by molar-refractivity contribution is 0.0415. The molecule has 0 fully saturated rings. The first-order valence-electron chi connectivity index (χ1n) is 6.87. The van der Waals surface area contributed by atoms with Crippen molar-refractivity contribution in [3.63, 3.8) is 0 Å². The number of hydrogen-bond donors (Lipinski definition) is 0. The highest BCUT2D eigenvalue weighted by atomic mass is 16.5. The molecule has 1 unspecified atom stereocenters. The highest BCUT2D eigenvalue weighted by Gasteiger charge is 2.45. The van der Waals surface area contributed by atoms with Crippen molar-refractivity contribution in [1.82, 2.24) is 4.90 Å². The second kappa shape index (κ2) is 4.00. The van der Waals surface area contributed by atoms with Crippen LogP contribution in [0.4, 0.5) is 0 Å². The van der Waals surface area contributed by atoms with E-state index < -0.39 is 0 Å². The molecule has 0 aliphatic carbocycles. The highest BCUT2D eigenvalue weighted by Crippen LogP contribution is 2.46. The van der Waals surface area contributed by atoms with E-state index in [9.17, 15) is 0 Å². The summed E-state index contributed by atoms with van der Waals surface area (Å²) in [4.78, 5) is 2.31. The van der Waals surface area contributed by atoms with Gasteiger partial charge in [-0.05, 0) is 36.9 Å². The average Bonchev–Trinajstić information content (AvgIpc) is 2.47. The van der Waals surface area contributed by atoms with Crippen molar-refractivity contribution in [1.29, 1.82) is 0 Å². The topological polar surface area (TPSA) is 21.7 Å². The number of rotatable bonds is 2. The molecule has 3 nitrogen and oxygen atoms in total. The molecule has 2 aromatic carbocycles. The monoisotopic (exact) mass is 267 g/mol. The Morgan fingerprint density at radius 1 is 1.15 bits per heavy atom. The van der Waals surface area contributed by atoms with Crippen LogP contribution in [-0.2, 0) is 12.1 Å². The molecule has 4 bridgehead atoms. The summed E-state index contributed by atoms with van der Waals surface area (Å²) in [6.45, 7) is 1.87. The lowest BCUT2D eigenvalue weighted by Gasteiger charge is -2.46. The molecule has 3 heteroatoms. The first-order valence-corrected chi connectivity index (χ1v) is 6.87. The van der Waals surface area contributed by atoms with E-state index in [1.807, 2.05) is 12.1 Å². The summed E-state index contributed by atoms with van der Waals surface area (Å²) >= 11 is 0. The van der Waals surface area contributed by atoms with E-state index in [0.29, 0.717) is 0 Å². The second-order valence-corrected chi connectivity index (χ2v) is 5.65. The summed E-state index contributed by atoms with van der Waals surface area (Å²) in [6, 6.07) is 14.7. The average molecular weight is 267 g/mol. The first-order chi connectivity index (χ1) is 9.71. The van der Waals surface area contributed by atoms with Crippen LogP contribution in [0.15, 0.2) is 42.5 Å². The fourth-order valence-electron chi connectivity index (χ4n) is 3.42. The summed E-state index contributed by atoms with van der Waals surface area (Å²) in [6.07, 6.45) is 0. The van der Waals surface area contributed by atoms with Crippen LogP contribution in [0.3, 0.4) is 0 Å². The van der Waals surface area contributed by atoms with Crippen molar-refractivity contribution < 1.29 is 9.47 Å². The number of ether oxygens (including phenoxy) is 2. The predicted molar refractivity (Wildman–Crippen MR) is 77.2 cm³/mol. The van der Waals surface area contributed by atoms with Gasteiger partial charge in [0.25, 0.3) is 0 Å². The molecule has 3 aliphatic rings. The van der Waals surface area contributed by atoms with Crippen LogP contribution in [0.5, 0.6) is 11.5 Å². The maximum Gasteiger partial charge on any atom is 0.172 e. The molecule has 0 saturated carbocycles. The molecule has 0 radical (unpaired) electrons. The molecule has 1 atom stereocenters. The SMILES string of the molecule is COc1ccc(C23CN(C)Cc4cc(ccc42)O3)cc1. The Hall–Kier alpha value is -2.00. The molecule has 0 amide bonds. The van der Waals surface area contributed by atoms with Crippen molar-refractivity contribution in [2.24, 2.45) is 0 Å². The quantitative estimate of drug-likeness (QED) is 0.835. The molecule has 0 aromatic heterocycles. The minimum Gasteiger partial charge on any atom is -0.497 e. The minimum atomic E-state index is -0.354. The normalized spacial score (nSPS) is 23.5. The van der Waals surface area contributed by atoms with Gasteiger partial charge in [0.2, 0.25) is 0 Å². The lowest BCUT2D eigenvalue weighted by Crippen LogP contribution is -2.50. The van der Waals surface area contributed by atoms with Gasteiger partial charge in [-0.25, -0.2) is 0 Å². The minimum absolute atomic E-state index is 0.354. The second-order valence-electron chi connectivity index (χ2n) is 5.65. The Balaban J connectivity index is 1.88. The Kier molecular flexibility index (Phi) is 2.36. The fraction of sp³-hybridized carbons (Fsp3) is 0.294. The van der Waals surface area contributed by atoms with Crippen molar-refractivity contribution in [3.8, 4) is 11.5 Å². The van der Waals surface area contributed by atoms with Gasteiger partial charge in [-0.3, -0.25) is 4.90 Å². The van der Waals surface area contributed by atoms with E-state index in [2.05, 4.69) is 42.3 Å². The Bertz CT molecular complexity index is 665. The molecule has 5 rings (SSSR count). The fourth-order valence-corrected chi connectivity index (χ4v) is 3.42. The smallest absolute Gasteiger partial charge is 0.172 e. The van der Waals surface area contributed by atoms with Crippen LogP contribution in [0, 0.1) is 0 Å². The molecule has 20 heavy (non-hydrogen) atoms. The Labute approximate surface area is 118 Å². The zero-order chi connectivity index (χ0) is 13.7. The van der Waals surface area contributed by atoms with Crippen LogP contribution >= 0.6 is 0 Å². The molecule has 0 saturated heterocycles. The summed E-state index contributed by atoms with van der Waals surface area (Å²) in [5, 5.41) is 0. The number of fused-ring (bicyclic) bond motifs is 1. The van der Waals surface area contributed by atoms with Gasteiger partial charge in [-0.2, -0.15) is 0 Å². The molecule has 3 aliphatic heterocycles. The molecular formula is C17H17NO2. The van der Waals surface area contributed by atoms with E-state index >= 15 is 0 Å². The molecule has 0 spiro atoms. The molecule has 3 heterocycles. The zero-order valence-corrected chi connectivity index (χ0v) is 11.7. The standard InChI is InChI=1S/C17H17NO2/c1-18-10-12-9-15-7-8-16(12)17(11-18,20-15)13-3-5-14(19-2)6-4-13/h3-9H,10-11H2,1-2H3. The maximum absolute atomic E-state index is 6.31. The van der Waals surface area contributed by atoms with Gasteiger partial charge in [0.05, 0.1) is 7.11 Å². The maximum atomic E-state index is 6.31. The Morgan fingerprint density at radius 2 is 1.95 bits per heavy atom. The van der Waals surface area contributed by atoms with Gasteiger partial charge in [0.15, 0.2) is 5.60 Å². The van der Waals surface area contributed by atoms with Crippen LogP contribution < -0.4 is 9.47 Å². The number of hydrogen-bond acceptors (Lipinski definition) is 3. The third-order valence-corrected chi connectivity index (χ3v) is 4.29. The van der Waals surface area contributed by atoms with Gasteiger partial charge in [0.1, 0.15) is 11.5 Å². The van der Waals surface area contributed by atoms with Crippen LogP contribution in [0.25, 0.3) is 0 Å². The molecular weight excluding hydrogens is 250 g/mol. The summed E-state index contributed by atoms with van der Waals surface area (Å²) in [5.41, 5.74) is 3.51. The van der Waals surface area contributed by atoms with Gasteiger partial charge in [-0.15, -0.1) is 0 Å². The number of benzene rings is 2. The third-order valence-electron chi connectivity index (χ3n) is 4.29. The van der Waals surface area contributed by atoms with Crippen molar-refractivity contribution in [3.05, 3.63) is 59.2 Å². The highest BCUT2D eigenvalue weighted by molar-refractivity contribution is 5.52. The van der Waals surface area contributed by atoms with Gasteiger partial charge < -0.3 is 9.47 Å². The molecule has 102 valence electrons. The lowest BCUT2D eigenvalue weighted by atomic mass is 9.78. The van der Waals surface area contributed by atoms with Crippen LogP contribution in [0.2, 0.25) is 0 Å². The van der Waals surface area contributed by atoms with Crippen molar-refractivity contribution >= 4 is 0 Å². The van der Waals surface area contributed by atoms with E-state index in [0.717, 1.165) is 24.6 Å². The number of methoxy groups -OCH3 is 1. The third kappa shape index (κ3) is 1.50.